The lowest BCUT2D eigenvalue weighted by molar-refractivity contribution is 0.542. The van der Waals surface area contributed by atoms with Gasteiger partial charge in [-0.3, -0.25) is 0 Å². The molecule has 2 nitrogen and oxygen atoms in total. The van der Waals surface area contributed by atoms with Gasteiger partial charge in [0.25, 0.3) is 0 Å². The van der Waals surface area contributed by atoms with E-state index in [9.17, 15) is 0 Å². The van der Waals surface area contributed by atoms with E-state index < -0.39 is 0 Å². The average Bonchev–Trinajstić information content (AvgIpc) is 2.93. The van der Waals surface area contributed by atoms with Crippen molar-refractivity contribution in [3.8, 4) is 0 Å². The second-order valence-corrected chi connectivity index (χ2v) is 12.0. The highest BCUT2D eigenvalue weighted by Gasteiger charge is 2.06. The van der Waals surface area contributed by atoms with Crippen molar-refractivity contribution in [2.24, 2.45) is 0 Å². The van der Waals surface area contributed by atoms with Crippen LogP contribution >= 0.6 is 0 Å². The van der Waals surface area contributed by atoms with Crippen LogP contribution in [0.1, 0.15) is 198 Å². The highest BCUT2D eigenvalue weighted by Crippen LogP contribution is 2.16. The molecule has 0 bridgehead atoms. The summed E-state index contributed by atoms with van der Waals surface area (Å²) in [4.78, 5) is 9.86. The molecule has 1 rings (SSSR count). The Hall–Kier alpha value is -0.920. The van der Waals surface area contributed by atoms with Gasteiger partial charge in [-0.25, -0.2) is 9.97 Å². The summed E-state index contributed by atoms with van der Waals surface area (Å²) >= 11 is 0. The van der Waals surface area contributed by atoms with Gasteiger partial charge < -0.3 is 0 Å². The van der Waals surface area contributed by atoms with Crippen molar-refractivity contribution in [1.82, 2.24) is 9.97 Å². The van der Waals surface area contributed by atoms with E-state index in [1.54, 1.807) is 0 Å². The molecule has 221 valence electrons. The Morgan fingerprint density at radius 2 is 0.737 bits per heavy atom. The molecule has 0 amide bonds. The van der Waals surface area contributed by atoms with Crippen LogP contribution in [0.4, 0.5) is 0 Å². The molecular formula is C36H67N2. The van der Waals surface area contributed by atoms with E-state index in [1.165, 1.54) is 165 Å². The molecule has 0 saturated carbocycles. The predicted octanol–water partition coefficient (Wildman–Crippen LogP) is 12.1. The van der Waals surface area contributed by atoms with E-state index >= 15 is 0 Å². The topological polar surface area (TPSA) is 25.8 Å². The highest BCUT2D eigenvalue weighted by atomic mass is 14.9. The summed E-state index contributed by atoms with van der Waals surface area (Å²) in [5.41, 5.74) is 2.58. The first kappa shape index (κ1) is 35.1. The molecule has 1 radical (unpaired) electrons. The zero-order valence-corrected chi connectivity index (χ0v) is 26.2. The van der Waals surface area contributed by atoms with Crippen LogP contribution in [-0.4, -0.2) is 9.97 Å². The van der Waals surface area contributed by atoms with E-state index in [4.69, 9.17) is 9.97 Å². The molecule has 1 aromatic rings. The maximum Gasteiger partial charge on any atom is 0.128 e. The van der Waals surface area contributed by atoms with Crippen LogP contribution in [0.3, 0.4) is 0 Å². The summed E-state index contributed by atoms with van der Waals surface area (Å²) in [5.74, 6) is 1.07. The monoisotopic (exact) mass is 528 g/mol. The van der Waals surface area contributed by atoms with Crippen LogP contribution in [0.15, 0.2) is 6.07 Å². The van der Waals surface area contributed by atoms with Crippen molar-refractivity contribution in [2.75, 3.05) is 0 Å². The Bertz CT molecular complexity index is 565. The molecule has 0 aliphatic rings. The lowest BCUT2D eigenvalue weighted by Gasteiger charge is -2.09. The van der Waals surface area contributed by atoms with Gasteiger partial charge in [0.2, 0.25) is 0 Å². The third kappa shape index (κ3) is 22.0. The van der Waals surface area contributed by atoms with Crippen molar-refractivity contribution in [1.29, 1.82) is 0 Å². The van der Waals surface area contributed by atoms with Crippen molar-refractivity contribution in [2.45, 2.75) is 200 Å². The normalized spacial score (nSPS) is 11.4. The van der Waals surface area contributed by atoms with Crippen molar-refractivity contribution in [3.63, 3.8) is 0 Å². The average molecular weight is 528 g/mol. The van der Waals surface area contributed by atoms with E-state index in [2.05, 4.69) is 26.8 Å². The number of rotatable bonds is 29. The van der Waals surface area contributed by atoms with Crippen LogP contribution in [-0.2, 0) is 19.3 Å². The van der Waals surface area contributed by atoms with Gasteiger partial charge in [0.05, 0.1) is 0 Å². The van der Waals surface area contributed by atoms with Crippen molar-refractivity contribution in [3.05, 3.63) is 30.2 Å². The molecule has 0 fully saturated rings. The number of hydrogen-bond acceptors (Lipinski definition) is 2. The maximum absolute atomic E-state index is 4.93. The van der Waals surface area contributed by atoms with Crippen LogP contribution in [0.2, 0.25) is 0 Å². The smallest absolute Gasteiger partial charge is 0.128 e. The van der Waals surface area contributed by atoms with E-state index in [0.717, 1.165) is 37.9 Å². The molecule has 1 heterocycles. The Balaban J connectivity index is 2.17. The van der Waals surface area contributed by atoms with Crippen molar-refractivity contribution < 1.29 is 0 Å². The summed E-state index contributed by atoms with van der Waals surface area (Å²) in [6, 6.07) is 2.32. The zero-order chi connectivity index (χ0) is 27.4. The lowest BCUT2D eigenvalue weighted by Crippen LogP contribution is -2.04. The largest absolute Gasteiger partial charge is 0.238 e. The first-order chi connectivity index (χ1) is 18.8. The number of unbranched alkanes of at least 4 members (excludes halogenated alkanes) is 23. The molecule has 0 aliphatic carbocycles. The molecule has 1 aromatic heterocycles. The fraction of sp³-hybridized carbons (Fsp3) is 0.861. The molecule has 0 aromatic carbocycles. The maximum atomic E-state index is 4.93. The minimum atomic E-state index is 0.973. The second-order valence-electron chi connectivity index (χ2n) is 12.0. The minimum Gasteiger partial charge on any atom is -0.238 e. The van der Waals surface area contributed by atoms with Crippen LogP contribution < -0.4 is 0 Å². The van der Waals surface area contributed by atoms with Gasteiger partial charge in [0, 0.05) is 17.8 Å². The molecule has 2 heteroatoms. The Morgan fingerprint density at radius 1 is 0.421 bits per heavy atom. The molecule has 0 aliphatic heterocycles. The molecule has 0 spiro atoms. The summed E-state index contributed by atoms with van der Waals surface area (Å²) < 4.78 is 0. The summed E-state index contributed by atoms with van der Waals surface area (Å²) in [7, 11) is 0. The van der Waals surface area contributed by atoms with Crippen LogP contribution in [0.25, 0.3) is 0 Å². The SMILES string of the molecule is [CH2]CCCc1nc(CCCCCCCCCCCCCC)cc(CCCCCCCCCCCCCC)n1. The van der Waals surface area contributed by atoms with Gasteiger partial charge >= 0.3 is 0 Å². The standard InChI is InChI=1S/C36H67N2/c1-4-7-10-12-14-16-18-20-22-24-26-28-30-34-33-35(38-36(37-34)32-9-6-3)31-29-27-25-23-21-19-17-15-13-11-8-5-2/h33H,3-32H2,1-2H3. The molecular weight excluding hydrogens is 460 g/mol. The second kappa shape index (κ2) is 27.6. The first-order valence-electron chi connectivity index (χ1n) is 17.4. The fourth-order valence-electron chi connectivity index (χ4n) is 5.56. The highest BCUT2D eigenvalue weighted by molar-refractivity contribution is 5.12. The Labute approximate surface area is 240 Å². The zero-order valence-electron chi connectivity index (χ0n) is 26.2. The van der Waals surface area contributed by atoms with Gasteiger partial charge in [0.15, 0.2) is 0 Å². The minimum absolute atomic E-state index is 0.973. The van der Waals surface area contributed by atoms with E-state index in [1.807, 2.05) is 0 Å². The van der Waals surface area contributed by atoms with Gasteiger partial charge in [0.1, 0.15) is 5.82 Å². The molecule has 0 unspecified atom stereocenters. The quantitative estimate of drug-likeness (QED) is 0.0968. The van der Waals surface area contributed by atoms with Crippen molar-refractivity contribution >= 4 is 0 Å². The van der Waals surface area contributed by atoms with Crippen LogP contribution in [0, 0.1) is 6.92 Å². The summed E-state index contributed by atoms with van der Waals surface area (Å²) in [6.45, 7) is 8.61. The molecule has 0 atom stereocenters. The van der Waals surface area contributed by atoms with Gasteiger partial charge in [-0.05, 0) is 38.2 Å². The van der Waals surface area contributed by atoms with Gasteiger partial charge in [-0.1, -0.05) is 168 Å². The third-order valence-corrected chi connectivity index (χ3v) is 8.10. The Kier molecular flexibility index (Phi) is 25.5. The molecule has 0 N–H and O–H groups in total. The van der Waals surface area contributed by atoms with Gasteiger partial charge in [-0.15, -0.1) is 0 Å². The lowest BCUT2D eigenvalue weighted by atomic mass is 10.0. The molecule has 0 saturated heterocycles. The van der Waals surface area contributed by atoms with Crippen LogP contribution in [0.5, 0.6) is 0 Å². The number of hydrogen-bond donors (Lipinski definition) is 0. The summed E-state index contributed by atoms with van der Waals surface area (Å²) in [6.07, 6.45) is 39.0. The Morgan fingerprint density at radius 3 is 1.05 bits per heavy atom. The van der Waals surface area contributed by atoms with Gasteiger partial charge in [-0.2, -0.15) is 0 Å². The number of aryl methyl sites for hydroxylation is 3. The van der Waals surface area contributed by atoms with E-state index in [-0.39, 0.29) is 0 Å². The first-order valence-corrected chi connectivity index (χ1v) is 17.4. The number of nitrogens with zero attached hydrogens (tertiary/aromatic N) is 2. The number of aromatic nitrogens is 2. The predicted molar refractivity (Wildman–Crippen MR) is 170 cm³/mol. The molecule has 38 heavy (non-hydrogen) atoms. The third-order valence-electron chi connectivity index (χ3n) is 8.10. The fourth-order valence-corrected chi connectivity index (χ4v) is 5.56. The summed E-state index contributed by atoms with van der Waals surface area (Å²) in [5, 5.41) is 0. The van der Waals surface area contributed by atoms with E-state index in [0.29, 0.717) is 0 Å².